The lowest BCUT2D eigenvalue weighted by molar-refractivity contribution is -0.120. The van der Waals surface area contributed by atoms with Crippen molar-refractivity contribution in [2.45, 2.75) is 39.5 Å². The Morgan fingerprint density at radius 2 is 2.29 bits per heavy atom. The minimum absolute atomic E-state index is 0.0986. The average molecular weight is 241 g/mol. The Morgan fingerprint density at radius 3 is 2.88 bits per heavy atom. The summed E-state index contributed by atoms with van der Waals surface area (Å²) in [6.45, 7) is 7.60. The van der Waals surface area contributed by atoms with Crippen molar-refractivity contribution in [1.29, 1.82) is 0 Å². The van der Waals surface area contributed by atoms with Crippen LogP contribution in [0.2, 0.25) is 0 Å². The number of rotatable bonds is 7. The molecule has 3 heteroatoms. The Morgan fingerprint density at radius 1 is 1.53 bits per heavy atom. The molecular formula is C14H27NO2. The van der Waals surface area contributed by atoms with Gasteiger partial charge in [0.25, 0.3) is 0 Å². The maximum atomic E-state index is 11.4. The normalized spacial score (nSPS) is 29.5. The zero-order valence-electron chi connectivity index (χ0n) is 11.6. The molecule has 2 unspecified atom stereocenters. The Bertz CT molecular complexity index is 232. The topological polar surface area (TPSA) is 29.5 Å². The van der Waals surface area contributed by atoms with Gasteiger partial charge in [-0.25, -0.2) is 0 Å². The largest absolute Gasteiger partial charge is 0.380 e. The highest BCUT2D eigenvalue weighted by Gasteiger charge is 2.35. The maximum Gasteiger partial charge on any atom is 0.127 e. The van der Waals surface area contributed by atoms with E-state index in [1.54, 1.807) is 0 Å². The Hall–Kier alpha value is -0.410. The highest BCUT2D eigenvalue weighted by atomic mass is 16.5. The molecule has 0 spiro atoms. The van der Waals surface area contributed by atoms with Crippen molar-refractivity contribution in [3.63, 3.8) is 0 Å². The molecule has 1 aliphatic carbocycles. The van der Waals surface area contributed by atoms with Crippen LogP contribution in [0, 0.1) is 11.3 Å². The van der Waals surface area contributed by atoms with E-state index in [2.05, 4.69) is 18.9 Å². The Labute approximate surface area is 106 Å². The molecule has 0 aromatic heterocycles. The molecule has 0 aromatic rings. The van der Waals surface area contributed by atoms with Gasteiger partial charge in [0, 0.05) is 25.1 Å². The third-order valence-electron chi connectivity index (χ3n) is 3.78. The highest BCUT2D eigenvalue weighted by Crippen LogP contribution is 2.38. The van der Waals surface area contributed by atoms with Crippen molar-refractivity contribution in [3.05, 3.63) is 0 Å². The first-order chi connectivity index (χ1) is 8.12. The van der Waals surface area contributed by atoms with Crippen molar-refractivity contribution in [2.24, 2.45) is 11.3 Å². The van der Waals surface area contributed by atoms with E-state index in [9.17, 15) is 4.79 Å². The summed E-state index contributed by atoms with van der Waals surface area (Å²) < 4.78 is 5.35. The first-order valence-corrected chi connectivity index (χ1v) is 6.84. The van der Waals surface area contributed by atoms with Crippen LogP contribution >= 0.6 is 0 Å². The number of carbonyl (C=O) groups is 1. The molecule has 0 amide bonds. The van der Waals surface area contributed by atoms with Crippen LogP contribution in [0.15, 0.2) is 0 Å². The van der Waals surface area contributed by atoms with E-state index in [0.29, 0.717) is 5.92 Å². The molecule has 0 saturated heterocycles. The molecule has 0 heterocycles. The van der Waals surface area contributed by atoms with Crippen LogP contribution in [-0.2, 0) is 9.53 Å². The fourth-order valence-electron chi connectivity index (χ4n) is 2.97. The minimum Gasteiger partial charge on any atom is -0.380 e. The highest BCUT2D eigenvalue weighted by molar-refractivity contribution is 5.60. The second kappa shape index (κ2) is 7.12. The van der Waals surface area contributed by atoms with E-state index in [1.807, 2.05) is 6.92 Å². The minimum atomic E-state index is -0.0986. The van der Waals surface area contributed by atoms with Gasteiger partial charge in [0.1, 0.15) is 6.29 Å². The van der Waals surface area contributed by atoms with Gasteiger partial charge in [0.2, 0.25) is 0 Å². The van der Waals surface area contributed by atoms with E-state index >= 15 is 0 Å². The zero-order valence-corrected chi connectivity index (χ0v) is 11.6. The van der Waals surface area contributed by atoms with Crippen molar-refractivity contribution in [3.8, 4) is 0 Å². The molecular weight excluding hydrogens is 214 g/mol. The fourth-order valence-corrected chi connectivity index (χ4v) is 2.97. The van der Waals surface area contributed by atoms with E-state index < -0.39 is 0 Å². The number of nitrogens with zero attached hydrogens (tertiary/aromatic N) is 1. The SMILES string of the molecule is CCOCCN(C)CC1(C=O)CCCC(C)C1. The second-order valence-corrected chi connectivity index (χ2v) is 5.62. The van der Waals surface area contributed by atoms with Crippen molar-refractivity contribution in [1.82, 2.24) is 4.90 Å². The summed E-state index contributed by atoms with van der Waals surface area (Å²) in [6.07, 6.45) is 5.78. The molecule has 0 bridgehead atoms. The summed E-state index contributed by atoms with van der Waals surface area (Å²) >= 11 is 0. The van der Waals surface area contributed by atoms with Crippen molar-refractivity contribution >= 4 is 6.29 Å². The van der Waals surface area contributed by atoms with Gasteiger partial charge in [-0.15, -0.1) is 0 Å². The van der Waals surface area contributed by atoms with Gasteiger partial charge >= 0.3 is 0 Å². The van der Waals surface area contributed by atoms with Gasteiger partial charge < -0.3 is 14.4 Å². The Kier molecular flexibility index (Phi) is 6.14. The zero-order chi connectivity index (χ0) is 12.7. The number of aldehydes is 1. The molecule has 3 nitrogen and oxygen atoms in total. The van der Waals surface area contributed by atoms with Crippen LogP contribution in [0.4, 0.5) is 0 Å². The van der Waals surface area contributed by atoms with Crippen LogP contribution < -0.4 is 0 Å². The molecule has 0 aliphatic heterocycles. The molecule has 0 radical (unpaired) electrons. The van der Waals surface area contributed by atoms with Crippen LogP contribution in [-0.4, -0.2) is 44.5 Å². The third kappa shape index (κ3) is 4.76. The van der Waals surface area contributed by atoms with Crippen LogP contribution in [0.1, 0.15) is 39.5 Å². The van der Waals surface area contributed by atoms with Gasteiger partial charge in [0.05, 0.1) is 6.61 Å². The predicted octanol–water partition coefficient (Wildman–Crippen LogP) is 2.35. The van der Waals surface area contributed by atoms with Crippen LogP contribution in [0.5, 0.6) is 0 Å². The van der Waals surface area contributed by atoms with Gasteiger partial charge in [-0.2, -0.15) is 0 Å². The lowest BCUT2D eigenvalue weighted by atomic mass is 9.71. The Balaban J connectivity index is 2.41. The molecule has 1 rings (SSSR count). The fraction of sp³-hybridized carbons (Fsp3) is 0.929. The van der Waals surface area contributed by atoms with E-state index in [4.69, 9.17) is 4.74 Å². The van der Waals surface area contributed by atoms with E-state index in [0.717, 1.165) is 39.1 Å². The van der Waals surface area contributed by atoms with Crippen molar-refractivity contribution in [2.75, 3.05) is 33.4 Å². The summed E-state index contributed by atoms with van der Waals surface area (Å²) in [4.78, 5) is 13.7. The standard InChI is InChI=1S/C14H27NO2/c1-4-17-9-8-15(3)11-14(12-16)7-5-6-13(2)10-14/h12-13H,4-11H2,1-3H3. The van der Waals surface area contributed by atoms with Gasteiger partial charge in [0.15, 0.2) is 0 Å². The average Bonchev–Trinajstić information content (AvgIpc) is 2.29. The number of carbonyl (C=O) groups excluding carboxylic acids is 1. The molecule has 0 N–H and O–H groups in total. The first kappa shape index (κ1) is 14.7. The molecule has 1 aliphatic rings. The van der Waals surface area contributed by atoms with Gasteiger partial charge in [-0.1, -0.05) is 19.8 Å². The molecule has 1 saturated carbocycles. The van der Waals surface area contributed by atoms with E-state index in [-0.39, 0.29) is 5.41 Å². The lowest BCUT2D eigenvalue weighted by Crippen LogP contribution is -2.41. The van der Waals surface area contributed by atoms with Crippen molar-refractivity contribution < 1.29 is 9.53 Å². The number of ether oxygens (including phenoxy) is 1. The summed E-state index contributed by atoms with van der Waals surface area (Å²) in [5, 5.41) is 0. The molecule has 100 valence electrons. The monoisotopic (exact) mass is 241 g/mol. The van der Waals surface area contributed by atoms with Crippen LogP contribution in [0.25, 0.3) is 0 Å². The quantitative estimate of drug-likeness (QED) is 0.506. The smallest absolute Gasteiger partial charge is 0.127 e. The maximum absolute atomic E-state index is 11.4. The number of likely N-dealkylation sites (N-methyl/N-ethyl adjacent to an activating group) is 1. The summed E-state index contributed by atoms with van der Waals surface area (Å²) in [5.41, 5.74) is -0.0986. The van der Waals surface area contributed by atoms with Gasteiger partial charge in [-0.3, -0.25) is 0 Å². The first-order valence-electron chi connectivity index (χ1n) is 6.84. The molecule has 17 heavy (non-hydrogen) atoms. The second-order valence-electron chi connectivity index (χ2n) is 5.62. The van der Waals surface area contributed by atoms with E-state index in [1.165, 1.54) is 19.1 Å². The lowest BCUT2D eigenvalue weighted by Gasteiger charge is -2.38. The third-order valence-corrected chi connectivity index (χ3v) is 3.78. The van der Waals surface area contributed by atoms with Crippen LogP contribution in [0.3, 0.4) is 0 Å². The molecule has 1 fully saturated rings. The van der Waals surface area contributed by atoms with Gasteiger partial charge in [-0.05, 0) is 32.7 Å². The summed E-state index contributed by atoms with van der Waals surface area (Å²) in [6, 6.07) is 0. The summed E-state index contributed by atoms with van der Waals surface area (Å²) in [5.74, 6) is 0.689. The molecule has 0 aromatic carbocycles. The molecule has 2 atom stereocenters. The predicted molar refractivity (Wildman–Crippen MR) is 70.1 cm³/mol. The number of hydrogen-bond acceptors (Lipinski definition) is 3. The number of hydrogen-bond donors (Lipinski definition) is 0. The summed E-state index contributed by atoms with van der Waals surface area (Å²) in [7, 11) is 2.09.